The van der Waals surface area contributed by atoms with Crippen LogP contribution in [0.2, 0.25) is 0 Å². The van der Waals surface area contributed by atoms with Crippen LogP contribution in [0.1, 0.15) is 32.0 Å². The predicted molar refractivity (Wildman–Crippen MR) is 73.3 cm³/mol. The van der Waals surface area contributed by atoms with Crippen LogP contribution in [0.4, 0.5) is 0 Å². The van der Waals surface area contributed by atoms with Crippen molar-refractivity contribution < 1.29 is 4.42 Å². The lowest BCUT2D eigenvalue weighted by Crippen LogP contribution is -2.12. The van der Waals surface area contributed by atoms with Crippen molar-refractivity contribution in [3.8, 4) is 11.3 Å². The molecule has 0 aliphatic carbocycles. The maximum atomic E-state index is 5.54. The van der Waals surface area contributed by atoms with Crippen LogP contribution in [-0.4, -0.2) is 4.98 Å². The van der Waals surface area contributed by atoms with E-state index >= 15 is 0 Å². The molecule has 0 aliphatic rings. The van der Waals surface area contributed by atoms with E-state index in [9.17, 15) is 0 Å². The second-order valence-corrected chi connectivity index (χ2v) is 5.62. The Bertz CT molecular complexity index is 511. The van der Waals surface area contributed by atoms with Gasteiger partial charge in [-0.2, -0.15) is 0 Å². The van der Waals surface area contributed by atoms with Gasteiger partial charge in [-0.05, 0) is 11.0 Å². The zero-order chi connectivity index (χ0) is 12.5. The average Bonchev–Trinajstić information content (AvgIpc) is 2.75. The van der Waals surface area contributed by atoms with Crippen LogP contribution in [0.3, 0.4) is 0 Å². The molecule has 2 rings (SSSR count). The number of aromatic nitrogens is 1. The molecular formula is C14H16BrNO. The zero-order valence-corrected chi connectivity index (χ0v) is 11.9. The Morgan fingerprint density at radius 1 is 1.24 bits per heavy atom. The maximum absolute atomic E-state index is 5.54. The van der Waals surface area contributed by atoms with E-state index in [-0.39, 0.29) is 5.41 Å². The lowest BCUT2D eigenvalue weighted by molar-refractivity contribution is 0.559. The van der Waals surface area contributed by atoms with Crippen LogP contribution in [0, 0.1) is 0 Å². The van der Waals surface area contributed by atoms with Crippen molar-refractivity contribution in [1.29, 1.82) is 0 Å². The number of benzene rings is 1. The minimum absolute atomic E-state index is 0.0902. The van der Waals surface area contributed by atoms with E-state index in [0.29, 0.717) is 5.33 Å². The van der Waals surface area contributed by atoms with Gasteiger partial charge in [0.2, 0.25) is 0 Å². The van der Waals surface area contributed by atoms with Crippen LogP contribution in [0.25, 0.3) is 11.3 Å². The SMILES string of the molecule is CC(C)(C)c1ccccc1-c1ocnc1CBr. The number of hydrogen-bond acceptors (Lipinski definition) is 2. The molecule has 0 N–H and O–H groups in total. The highest BCUT2D eigenvalue weighted by Crippen LogP contribution is 2.34. The summed E-state index contributed by atoms with van der Waals surface area (Å²) in [6, 6.07) is 8.34. The molecule has 0 atom stereocenters. The van der Waals surface area contributed by atoms with E-state index in [0.717, 1.165) is 17.0 Å². The fraction of sp³-hybridized carbons (Fsp3) is 0.357. The van der Waals surface area contributed by atoms with Gasteiger partial charge in [-0.1, -0.05) is 61.0 Å². The van der Waals surface area contributed by atoms with Gasteiger partial charge in [-0.15, -0.1) is 0 Å². The number of nitrogens with zero attached hydrogens (tertiary/aromatic N) is 1. The second-order valence-electron chi connectivity index (χ2n) is 5.06. The predicted octanol–water partition coefficient (Wildman–Crippen LogP) is 4.53. The number of halogens is 1. The van der Waals surface area contributed by atoms with E-state index in [1.807, 2.05) is 6.07 Å². The van der Waals surface area contributed by atoms with Crippen LogP contribution in [0.15, 0.2) is 35.1 Å². The fourth-order valence-electron chi connectivity index (χ4n) is 1.92. The van der Waals surface area contributed by atoms with Crippen molar-refractivity contribution in [2.24, 2.45) is 0 Å². The average molecular weight is 294 g/mol. The Morgan fingerprint density at radius 3 is 2.59 bits per heavy atom. The summed E-state index contributed by atoms with van der Waals surface area (Å²) in [5, 5.41) is 0.706. The van der Waals surface area contributed by atoms with Crippen LogP contribution < -0.4 is 0 Å². The molecule has 0 unspecified atom stereocenters. The van der Waals surface area contributed by atoms with Gasteiger partial charge in [0.25, 0.3) is 0 Å². The molecule has 90 valence electrons. The van der Waals surface area contributed by atoms with Gasteiger partial charge in [0, 0.05) is 10.9 Å². The summed E-state index contributed by atoms with van der Waals surface area (Å²) in [6.45, 7) is 6.61. The first kappa shape index (κ1) is 12.4. The van der Waals surface area contributed by atoms with Gasteiger partial charge in [-0.25, -0.2) is 4.98 Å². The third kappa shape index (κ3) is 2.44. The number of rotatable bonds is 2. The number of hydrogen-bond donors (Lipinski definition) is 0. The van der Waals surface area contributed by atoms with Crippen molar-refractivity contribution in [2.45, 2.75) is 31.5 Å². The largest absolute Gasteiger partial charge is 0.443 e. The molecule has 0 spiro atoms. The van der Waals surface area contributed by atoms with Gasteiger partial charge in [0.05, 0.1) is 5.69 Å². The highest BCUT2D eigenvalue weighted by Gasteiger charge is 2.21. The lowest BCUT2D eigenvalue weighted by atomic mass is 9.83. The van der Waals surface area contributed by atoms with Crippen LogP contribution in [0.5, 0.6) is 0 Å². The normalized spacial score (nSPS) is 11.8. The van der Waals surface area contributed by atoms with Crippen molar-refractivity contribution in [1.82, 2.24) is 4.98 Å². The Kier molecular flexibility index (Phi) is 3.38. The molecule has 3 heteroatoms. The molecule has 17 heavy (non-hydrogen) atoms. The monoisotopic (exact) mass is 293 g/mol. The number of oxazole rings is 1. The molecule has 1 heterocycles. The van der Waals surface area contributed by atoms with Gasteiger partial charge in [0.1, 0.15) is 0 Å². The van der Waals surface area contributed by atoms with E-state index < -0.39 is 0 Å². The summed E-state index contributed by atoms with van der Waals surface area (Å²) in [5.41, 5.74) is 3.44. The third-order valence-corrected chi connectivity index (χ3v) is 3.28. The summed E-state index contributed by atoms with van der Waals surface area (Å²) in [4.78, 5) is 4.22. The Hall–Kier alpha value is -1.09. The van der Waals surface area contributed by atoms with E-state index in [2.05, 4.69) is 59.9 Å². The van der Waals surface area contributed by atoms with Gasteiger partial charge < -0.3 is 4.42 Å². The molecule has 0 radical (unpaired) electrons. The molecule has 0 saturated carbocycles. The molecule has 2 aromatic rings. The summed E-state index contributed by atoms with van der Waals surface area (Å²) >= 11 is 3.44. The quantitative estimate of drug-likeness (QED) is 0.760. The molecule has 2 nitrogen and oxygen atoms in total. The second kappa shape index (κ2) is 4.65. The lowest BCUT2D eigenvalue weighted by Gasteiger charge is -2.22. The number of alkyl halides is 1. The third-order valence-electron chi connectivity index (χ3n) is 2.75. The van der Waals surface area contributed by atoms with Gasteiger partial charge in [0.15, 0.2) is 12.2 Å². The minimum Gasteiger partial charge on any atom is -0.443 e. The molecule has 0 aliphatic heterocycles. The first-order valence-electron chi connectivity index (χ1n) is 5.62. The standard InChI is InChI=1S/C14H16BrNO/c1-14(2,3)11-7-5-4-6-10(11)13-12(8-15)16-9-17-13/h4-7,9H,8H2,1-3H3. The summed E-state index contributed by atoms with van der Waals surface area (Å²) in [6.07, 6.45) is 1.51. The summed E-state index contributed by atoms with van der Waals surface area (Å²) in [7, 11) is 0. The Balaban J connectivity index is 2.60. The van der Waals surface area contributed by atoms with Crippen LogP contribution in [-0.2, 0) is 10.7 Å². The van der Waals surface area contributed by atoms with Crippen molar-refractivity contribution in [2.75, 3.05) is 0 Å². The summed E-state index contributed by atoms with van der Waals surface area (Å²) < 4.78 is 5.54. The van der Waals surface area contributed by atoms with E-state index in [1.165, 1.54) is 12.0 Å². The molecule has 1 aromatic carbocycles. The van der Waals surface area contributed by atoms with Crippen molar-refractivity contribution >= 4 is 15.9 Å². The summed E-state index contributed by atoms with van der Waals surface area (Å²) in [5.74, 6) is 0.868. The minimum atomic E-state index is 0.0902. The molecule has 1 aromatic heterocycles. The first-order valence-corrected chi connectivity index (χ1v) is 6.74. The Labute approximate surface area is 110 Å². The van der Waals surface area contributed by atoms with E-state index in [1.54, 1.807) is 0 Å². The first-order chi connectivity index (χ1) is 8.04. The molecular weight excluding hydrogens is 278 g/mol. The van der Waals surface area contributed by atoms with Crippen LogP contribution >= 0.6 is 15.9 Å². The van der Waals surface area contributed by atoms with Gasteiger partial charge >= 0.3 is 0 Å². The topological polar surface area (TPSA) is 26.0 Å². The molecule has 0 saturated heterocycles. The van der Waals surface area contributed by atoms with Crippen molar-refractivity contribution in [3.05, 3.63) is 41.9 Å². The smallest absolute Gasteiger partial charge is 0.181 e. The van der Waals surface area contributed by atoms with E-state index in [4.69, 9.17) is 4.42 Å². The Morgan fingerprint density at radius 2 is 1.94 bits per heavy atom. The molecule has 0 amide bonds. The zero-order valence-electron chi connectivity index (χ0n) is 10.3. The molecule has 0 fully saturated rings. The fourth-order valence-corrected chi connectivity index (χ4v) is 2.32. The maximum Gasteiger partial charge on any atom is 0.181 e. The highest BCUT2D eigenvalue weighted by molar-refractivity contribution is 9.08. The van der Waals surface area contributed by atoms with Crippen molar-refractivity contribution in [3.63, 3.8) is 0 Å². The molecule has 0 bridgehead atoms. The van der Waals surface area contributed by atoms with Gasteiger partial charge in [-0.3, -0.25) is 0 Å². The highest BCUT2D eigenvalue weighted by atomic mass is 79.9.